The Balaban J connectivity index is 2.18. The minimum absolute atomic E-state index is 0.471. The van der Waals surface area contributed by atoms with E-state index in [1.807, 2.05) is 31.2 Å². The van der Waals surface area contributed by atoms with E-state index in [0.29, 0.717) is 11.7 Å². The van der Waals surface area contributed by atoms with Gasteiger partial charge in [-0.2, -0.15) is 0 Å². The van der Waals surface area contributed by atoms with Gasteiger partial charge < -0.3 is 14.8 Å². The maximum Gasteiger partial charge on any atom is 0.130 e. The second-order valence-electron chi connectivity index (χ2n) is 4.93. The number of benzene rings is 1. The summed E-state index contributed by atoms with van der Waals surface area (Å²) < 4.78 is 10.6. The van der Waals surface area contributed by atoms with Crippen LogP contribution in [0.2, 0.25) is 5.15 Å². The lowest BCUT2D eigenvalue weighted by atomic mass is 10.1. The first-order valence-electron chi connectivity index (χ1n) is 7.13. The van der Waals surface area contributed by atoms with E-state index in [1.165, 1.54) is 0 Å². The van der Waals surface area contributed by atoms with Crippen LogP contribution in [0.4, 0.5) is 0 Å². The van der Waals surface area contributed by atoms with Crippen LogP contribution in [0.1, 0.15) is 16.7 Å². The third-order valence-electron chi connectivity index (χ3n) is 3.50. The fourth-order valence-electron chi connectivity index (χ4n) is 2.24. The zero-order valence-corrected chi connectivity index (χ0v) is 14.4. The number of rotatable bonds is 5. The second kappa shape index (κ2) is 7.83. The molecular formula is C17H20ClN3O2. The van der Waals surface area contributed by atoms with Crippen molar-refractivity contribution in [3.63, 3.8) is 0 Å². The molecule has 0 aliphatic heterocycles. The van der Waals surface area contributed by atoms with Gasteiger partial charge in [0.05, 0.1) is 14.2 Å². The highest BCUT2D eigenvalue weighted by atomic mass is 35.5. The zero-order valence-electron chi connectivity index (χ0n) is 13.7. The van der Waals surface area contributed by atoms with Crippen LogP contribution in [0.3, 0.4) is 0 Å². The minimum Gasteiger partial charge on any atom is -0.497 e. The average Bonchev–Trinajstić information content (AvgIpc) is 2.56. The Labute approximate surface area is 141 Å². The standard InChI is InChI=1S/C17H20ClN3O2/c1-11-7-16(18)20-10-14(11)17(19-2)21-9-12-5-6-13(22-3)8-15(12)23-4/h5-8,10H,9H2,1-4H3,(H,19,21). The molecule has 0 atom stereocenters. The molecule has 6 heteroatoms. The van der Waals surface area contributed by atoms with E-state index >= 15 is 0 Å². The highest BCUT2D eigenvalue weighted by Gasteiger charge is 2.10. The first kappa shape index (κ1) is 17.1. The predicted octanol–water partition coefficient (Wildman–Crippen LogP) is 3.23. The molecule has 1 N–H and O–H groups in total. The summed E-state index contributed by atoms with van der Waals surface area (Å²) in [5.74, 6) is 2.27. The highest BCUT2D eigenvalue weighted by molar-refractivity contribution is 6.29. The molecule has 1 heterocycles. The number of methoxy groups -OCH3 is 2. The lowest BCUT2D eigenvalue weighted by Crippen LogP contribution is -2.25. The minimum atomic E-state index is 0.471. The van der Waals surface area contributed by atoms with Crippen molar-refractivity contribution in [2.24, 2.45) is 4.99 Å². The fourth-order valence-corrected chi connectivity index (χ4v) is 2.45. The summed E-state index contributed by atoms with van der Waals surface area (Å²) in [6, 6.07) is 7.54. The first-order chi connectivity index (χ1) is 11.1. The van der Waals surface area contributed by atoms with Crippen molar-refractivity contribution in [1.82, 2.24) is 10.3 Å². The predicted molar refractivity (Wildman–Crippen MR) is 92.8 cm³/mol. The molecule has 23 heavy (non-hydrogen) atoms. The van der Waals surface area contributed by atoms with Gasteiger partial charge >= 0.3 is 0 Å². The number of aliphatic imine (C=N–C) groups is 1. The van der Waals surface area contributed by atoms with Crippen molar-refractivity contribution in [2.75, 3.05) is 21.3 Å². The number of nitrogens with one attached hydrogen (secondary N) is 1. The van der Waals surface area contributed by atoms with Gasteiger partial charge in [-0.15, -0.1) is 0 Å². The van der Waals surface area contributed by atoms with Crippen molar-refractivity contribution in [3.8, 4) is 11.5 Å². The summed E-state index contributed by atoms with van der Waals surface area (Å²) in [6.07, 6.45) is 1.72. The topological polar surface area (TPSA) is 55.7 Å². The second-order valence-corrected chi connectivity index (χ2v) is 5.31. The zero-order chi connectivity index (χ0) is 16.8. The molecule has 0 saturated heterocycles. The van der Waals surface area contributed by atoms with Crippen LogP contribution < -0.4 is 14.8 Å². The van der Waals surface area contributed by atoms with Gasteiger partial charge in [-0.3, -0.25) is 4.99 Å². The fraction of sp³-hybridized carbons (Fsp3) is 0.294. The number of ether oxygens (including phenoxy) is 2. The van der Waals surface area contributed by atoms with Crippen LogP contribution >= 0.6 is 11.6 Å². The first-order valence-corrected chi connectivity index (χ1v) is 7.51. The number of aromatic nitrogens is 1. The summed E-state index contributed by atoms with van der Waals surface area (Å²) in [4.78, 5) is 8.43. The van der Waals surface area contributed by atoms with Crippen molar-refractivity contribution in [1.29, 1.82) is 0 Å². The molecule has 0 amide bonds. The number of amidine groups is 1. The number of pyridine rings is 1. The summed E-state index contributed by atoms with van der Waals surface area (Å²) >= 11 is 5.91. The largest absolute Gasteiger partial charge is 0.497 e. The third-order valence-corrected chi connectivity index (χ3v) is 3.70. The number of hydrogen-bond acceptors (Lipinski definition) is 4. The molecule has 0 aliphatic rings. The van der Waals surface area contributed by atoms with Crippen LogP contribution in [0.5, 0.6) is 11.5 Å². The number of hydrogen-bond donors (Lipinski definition) is 1. The van der Waals surface area contributed by atoms with Gasteiger partial charge in [0.1, 0.15) is 22.5 Å². The summed E-state index contributed by atoms with van der Waals surface area (Å²) in [7, 11) is 5.01. The van der Waals surface area contributed by atoms with E-state index in [4.69, 9.17) is 21.1 Å². The van der Waals surface area contributed by atoms with Crippen LogP contribution in [0.25, 0.3) is 0 Å². The summed E-state index contributed by atoms with van der Waals surface area (Å²) in [5.41, 5.74) is 2.94. The Bertz CT molecular complexity index is 717. The van der Waals surface area contributed by atoms with Crippen LogP contribution in [0, 0.1) is 6.92 Å². The monoisotopic (exact) mass is 333 g/mol. The van der Waals surface area contributed by atoms with Gasteiger partial charge in [0.25, 0.3) is 0 Å². The maximum absolute atomic E-state index is 5.91. The molecule has 0 saturated carbocycles. The van der Waals surface area contributed by atoms with Crippen LogP contribution in [-0.4, -0.2) is 32.1 Å². The third kappa shape index (κ3) is 4.13. The Morgan fingerprint density at radius 2 is 2.04 bits per heavy atom. The molecule has 122 valence electrons. The van der Waals surface area contributed by atoms with E-state index in [1.54, 1.807) is 27.5 Å². The van der Waals surface area contributed by atoms with Crippen molar-refractivity contribution in [3.05, 3.63) is 52.3 Å². The maximum atomic E-state index is 5.91. The van der Waals surface area contributed by atoms with Gasteiger partial charge in [0, 0.05) is 37.0 Å². The van der Waals surface area contributed by atoms with Gasteiger partial charge in [-0.1, -0.05) is 11.6 Å². The van der Waals surface area contributed by atoms with Gasteiger partial charge in [0.15, 0.2) is 0 Å². The molecule has 0 unspecified atom stereocenters. The average molecular weight is 334 g/mol. The summed E-state index contributed by atoms with van der Waals surface area (Å²) in [5, 5.41) is 3.79. The van der Waals surface area contributed by atoms with E-state index in [0.717, 1.165) is 34.0 Å². The van der Waals surface area contributed by atoms with Crippen LogP contribution in [-0.2, 0) is 6.54 Å². The van der Waals surface area contributed by atoms with Crippen molar-refractivity contribution in [2.45, 2.75) is 13.5 Å². The highest BCUT2D eigenvalue weighted by Crippen LogP contribution is 2.24. The molecular weight excluding hydrogens is 314 g/mol. The molecule has 1 aromatic heterocycles. The molecule has 2 aromatic rings. The number of nitrogens with zero attached hydrogens (tertiary/aromatic N) is 2. The van der Waals surface area contributed by atoms with Crippen molar-refractivity contribution < 1.29 is 9.47 Å². The molecule has 0 spiro atoms. The molecule has 1 aromatic carbocycles. The van der Waals surface area contributed by atoms with Crippen molar-refractivity contribution >= 4 is 17.4 Å². The SMILES string of the molecule is CN=C(NCc1ccc(OC)cc1OC)c1cnc(Cl)cc1C. The van der Waals surface area contributed by atoms with Gasteiger partial charge in [-0.25, -0.2) is 4.98 Å². The smallest absolute Gasteiger partial charge is 0.130 e. The normalized spacial score (nSPS) is 11.3. The number of halogens is 1. The molecule has 0 aliphatic carbocycles. The molecule has 0 fully saturated rings. The Morgan fingerprint density at radius 1 is 1.26 bits per heavy atom. The Hall–Kier alpha value is -2.27. The molecule has 5 nitrogen and oxygen atoms in total. The lowest BCUT2D eigenvalue weighted by Gasteiger charge is -2.14. The quantitative estimate of drug-likeness (QED) is 0.518. The van der Waals surface area contributed by atoms with Crippen LogP contribution in [0.15, 0.2) is 35.5 Å². The lowest BCUT2D eigenvalue weighted by molar-refractivity contribution is 0.390. The van der Waals surface area contributed by atoms with E-state index < -0.39 is 0 Å². The van der Waals surface area contributed by atoms with E-state index in [9.17, 15) is 0 Å². The Kier molecular flexibility index (Phi) is 5.82. The molecule has 2 rings (SSSR count). The van der Waals surface area contributed by atoms with E-state index in [-0.39, 0.29) is 0 Å². The number of aryl methyl sites for hydroxylation is 1. The molecule has 0 radical (unpaired) electrons. The summed E-state index contributed by atoms with van der Waals surface area (Å²) in [6.45, 7) is 2.55. The van der Waals surface area contributed by atoms with Gasteiger partial charge in [-0.05, 0) is 30.7 Å². The van der Waals surface area contributed by atoms with E-state index in [2.05, 4.69) is 15.3 Å². The van der Waals surface area contributed by atoms with Gasteiger partial charge in [0.2, 0.25) is 0 Å². The molecule has 0 bridgehead atoms. The Morgan fingerprint density at radius 3 is 2.65 bits per heavy atom.